The van der Waals surface area contributed by atoms with E-state index in [2.05, 4.69) is 55.9 Å². The van der Waals surface area contributed by atoms with E-state index >= 15 is 0 Å². The van der Waals surface area contributed by atoms with Crippen molar-refractivity contribution in [3.8, 4) is 0 Å². The average molecular weight is 535 g/mol. The molecule has 6 nitrogen and oxygen atoms in total. The molecular weight excluding hydrogens is 502 g/mol. The van der Waals surface area contributed by atoms with E-state index in [0.29, 0.717) is 42.1 Å². The molecule has 2 aromatic carbocycles. The van der Waals surface area contributed by atoms with Crippen molar-refractivity contribution in [3.05, 3.63) is 58.1 Å². The molecule has 1 fully saturated rings. The van der Waals surface area contributed by atoms with Crippen LogP contribution in [0, 0.1) is 5.92 Å². The van der Waals surface area contributed by atoms with Crippen LogP contribution in [0.4, 0.5) is 5.69 Å². The minimum Gasteiger partial charge on any atom is -0.312 e. The number of carbonyl (C=O) groups is 1. The maximum Gasteiger partial charge on any atom is 0.241 e. The highest BCUT2D eigenvalue weighted by Crippen LogP contribution is 2.35. The van der Waals surface area contributed by atoms with Crippen molar-refractivity contribution in [3.63, 3.8) is 0 Å². The third-order valence-corrected chi connectivity index (χ3v) is 9.14. The summed E-state index contributed by atoms with van der Waals surface area (Å²) in [7, 11) is -3.68. The Morgan fingerprint density at radius 1 is 1.12 bits per heavy atom. The zero-order valence-corrected chi connectivity index (χ0v) is 21.5. The second-order valence-corrected chi connectivity index (χ2v) is 11.5. The molecule has 0 bridgehead atoms. The van der Waals surface area contributed by atoms with Gasteiger partial charge in [0.25, 0.3) is 0 Å². The summed E-state index contributed by atoms with van der Waals surface area (Å²) < 4.78 is 29.4. The normalized spacial score (nSPS) is 17.3. The number of rotatable bonds is 8. The number of hydrogen-bond acceptors (Lipinski definition) is 4. The summed E-state index contributed by atoms with van der Waals surface area (Å²) in [5, 5.41) is 0. The predicted octanol–water partition coefficient (Wildman–Crippen LogP) is 3.98. The number of nitrogens with one attached hydrogen (secondary N) is 1. The highest BCUT2D eigenvalue weighted by atomic mass is 79.9. The summed E-state index contributed by atoms with van der Waals surface area (Å²) in [5.41, 5.74) is 3.11. The van der Waals surface area contributed by atoms with Crippen LogP contribution in [0.1, 0.15) is 37.3 Å². The number of piperidine rings is 1. The van der Waals surface area contributed by atoms with Gasteiger partial charge in [-0.15, -0.1) is 0 Å². The number of nitrogens with zero attached hydrogens (tertiary/aromatic N) is 2. The minimum atomic E-state index is -3.68. The molecule has 0 aliphatic carbocycles. The molecule has 0 radical (unpaired) electrons. The Labute approximate surface area is 205 Å². The smallest absolute Gasteiger partial charge is 0.241 e. The third-order valence-electron chi connectivity index (χ3n) is 6.72. The number of hydrogen-bond donors (Lipinski definition) is 1. The maximum absolute atomic E-state index is 13.0. The van der Waals surface area contributed by atoms with Crippen molar-refractivity contribution in [2.75, 3.05) is 37.6 Å². The van der Waals surface area contributed by atoms with Gasteiger partial charge in [0.05, 0.1) is 4.90 Å². The zero-order chi connectivity index (χ0) is 23.4. The van der Waals surface area contributed by atoms with Crippen molar-refractivity contribution in [1.29, 1.82) is 0 Å². The van der Waals surface area contributed by atoms with E-state index in [1.54, 1.807) is 11.0 Å². The Morgan fingerprint density at radius 3 is 2.55 bits per heavy atom. The van der Waals surface area contributed by atoms with E-state index in [9.17, 15) is 13.2 Å². The lowest BCUT2D eigenvalue weighted by Gasteiger charge is -2.32. The highest BCUT2D eigenvalue weighted by molar-refractivity contribution is 9.10. The summed E-state index contributed by atoms with van der Waals surface area (Å²) in [6.07, 6.45) is 4.54. The lowest BCUT2D eigenvalue weighted by atomic mass is 9.90. The van der Waals surface area contributed by atoms with Crippen LogP contribution in [0.25, 0.3) is 0 Å². The van der Waals surface area contributed by atoms with E-state index in [4.69, 9.17) is 0 Å². The van der Waals surface area contributed by atoms with Gasteiger partial charge in [0, 0.05) is 36.2 Å². The van der Waals surface area contributed by atoms with Gasteiger partial charge in [0.2, 0.25) is 15.9 Å². The Hall–Kier alpha value is -1.74. The first-order valence-electron chi connectivity index (χ1n) is 11.8. The lowest BCUT2D eigenvalue weighted by molar-refractivity contribution is -0.118. The molecule has 33 heavy (non-hydrogen) atoms. The van der Waals surface area contributed by atoms with E-state index in [-0.39, 0.29) is 10.8 Å². The van der Waals surface area contributed by atoms with E-state index in [0.717, 1.165) is 44.3 Å². The molecule has 0 spiro atoms. The third kappa shape index (κ3) is 5.85. The van der Waals surface area contributed by atoms with E-state index in [1.165, 1.54) is 5.56 Å². The number of likely N-dealkylation sites (tertiary alicyclic amines) is 1. The molecule has 2 aliphatic rings. The van der Waals surface area contributed by atoms with Crippen LogP contribution in [0.5, 0.6) is 0 Å². The molecule has 0 saturated carbocycles. The van der Waals surface area contributed by atoms with Crippen LogP contribution in [0.2, 0.25) is 0 Å². The van der Waals surface area contributed by atoms with Crippen LogP contribution >= 0.6 is 15.9 Å². The van der Waals surface area contributed by atoms with Crippen molar-refractivity contribution >= 4 is 37.5 Å². The summed E-state index contributed by atoms with van der Waals surface area (Å²) >= 11 is 3.43. The number of fused-ring (bicyclic) bond motifs is 1. The summed E-state index contributed by atoms with van der Waals surface area (Å²) in [5.74, 6) is 0.708. The number of amides is 1. The molecule has 1 amide bonds. The second kappa shape index (κ2) is 10.7. The fourth-order valence-corrected chi connectivity index (χ4v) is 6.95. The van der Waals surface area contributed by atoms with Crippen LogP contribution < -0.4 is 9.62 Å². The molecule has 2 aromatic rings. The fraction of sp³-hybridized carbons (Fsp3) is 0.480. The lowest BCUT2D eigenvalue weighted by Crippen LogP contribution is -2.40. The Bertz CT molecular complexity index is 1080. The number of benzene rings is 2. The van der Waals surface area contributed by atoms with E-state index < -0.39 is 10.0 Å². The summed E-state index contributed by atoms with van der Waals surface area (Å²) in [6, 6.07) is 14.1. The standard InChI is InChI=1S/C25H32BrN3O3S/c1-2-25(30)29-14-10-21-17-22(26)24(18-23(21)29)33(31,32)27-11-15-28-12-8-20(9-13-28)16-19-6-4-3-5-7-19/h3-7,17-18,20,27H,2,8-16H2,1H3. The van der Waals surface area contributed by atoms with Gasteiger partial charge >= 0.3 is 0 Å². The van der Waals surface area contributed by atoms with Gasteiger partial charge in [-0.25, -0.2) is 13.1 Å². The van der Waals surface area contributed by atoms with Crippen LogP contribution in [0.3, 0.4) is 0 Å². The van der Waals surface area contributed by atoms with Crippen molar-refractivity contribution in [2.45, 2.75) is 43.9 Å². The van der Waals surface area contributed by atoms with Gasteiger partial charge in [-0.1, -0.05) is 37.3 Å². The minimum absolute atomic E-state index is 0.0167. The highest BCUT2D eigenvalue weighted by Gasteiger charge is 2.28. The second-order valence-electron chi connectivity index (χ2n) is 8.93. The van der Waals surface area contributed by atoms with Crippen molar-refractivity contribution in [1.82, 2.24) is 9.62 Å². The molecule has 4 rings (SSSR count). The number of halogens is 1. The molecule has 2 heterocycles. The molecule has 178 valence electrons. The molecule has 8 heteroatoms. The van der Waals surface area contributed by atoms with Gasteiger partial charge in [0.1, 0.15) is 0 Å². The predicted molar refractivity (Wildman–Crippen MR) is 135 cm³/mol. The summed E-state index contributed by atoms with van der Waals surface area (Å²) in [4.78, 5) is 16.5. The average Bonchev–Trinajstić information content (AvgIpc) is 3.22. The molecule has 1 N–H and O–H groups in total. The summed E-state index contributed by atoms with van der Waals surface area (Å²) in [6.45, 7) is 5.48. The maximum atomic E-state index is 13.0. The van der Waals surface area contributed by atoms with Crippen LogP contribution in [-0.2, 0) is 27.7 Å². The van der Waals surface area contributed by atoms with Gasteiger partial charge in [-0.2, -0.15) is 0 Å². The first-order valence-corrected chi connectivity index (χ1v) is 14.0. The molecular formula is C25H32BrN3O3S. The van der Waals surface area contributed by atoms with E-state index in [1.807, 2.05) is 13.0 Å². The number of sulfonamides is 1. The Morgan fingerprint density at radius 2 is 1.85 bits per heavy atom. The van der Waals surface area contributed by atoms with Gasteiger partial charge in [-0.05, 0) is 83.9 Å². The van der Waals surface area contributed by atoms with Gasteiger partial charge < -0.3 is 9.80 Å². The van der Waals surface area contributed by atoms with Crippen molar-refractivity contribution in [2.24, 2.45) is 5.92 Å². The first kappa shape index (κ1) is 24.4. The molecule has 1 saturated heterocycles. The number of carbonyl (C=O) groups excluding carboxylic acids is 1. The zero-order valence-electron chi connectivity index (χ0n) is 19.1. The monoisotopic (exact) mass is 533 g/mol. The number of anilines is 1. The van der Waals surface area contributed by atoms with Gasteiger partial charge in [-0.3, -0.25) is 4.79 Å². The quantitative estimate of drug-likeness (QED) is 0.557. The topological polar surface area (TPSA) is 69.7 Å². The van der Waals surface area contributed by atoms with Crippen molar-refractivity contribution < 1.29 is 13.2 Å². The Kier molecular flexibility index (Phi) is 7.89. The molecule has 0 aromatic heterocycles. The Balaban J connectivity index is 1.31. The first-order chi connectivity index (χ1) is 15.9. The van der Waals surface area contributed by atoms with Crippen LogP contribution in [0.15, 0.2) is 51.8 Å². The van der Waals surface area contributed by atoms with Crippen LogP contribution in [-0.4, -0.2) is 51.9 Å². The SMILES string of the molecule is CCC(=O)N1CCc2cc(Br)c(S(=O)(=O)NCCN3CCC(Cc4ccccc4)CC3)cc21. The fourth-order valence-electron chi connectivity index (χ4n) is 4.82. The largest absolute Gasteiger partial charge is 0.312 e. The molecule has 0 atom stereocenters. The molecule has 2 aliphatic heterocycles. The van der Waals surface area contributed by atoms with Gasteiger partial charge in [0.15, 0.2) is 0 Å². The molecule has 0 unspecified atom stereocenters.